The highest BCUT2D eigenvalue weighted by Gasteiger charge is 2.24. The molecule has 0 saturated heterocycles. The Bertz CT molecular complexity index is 1020. The first kappa shape index (κ1) is 38.5. The van der Waals surface area contributed by atoms with Crippen molar-refractivity contribution < 1.29 is 0 Å². The highest BCUT2D eigenvalue weighted by atomic mass is 31.1. The van der Waals surface area contributed by atoms with E-state index >= 15 is 0 Å². The van der Waals surface area contributed by atoms with Crippen LogP contribution >= 0.6 is 7.92 Å². The van der Waals surface area contributed by atoms with E-state index in [0.29, 0.717) is 0 Å². The van der Waals surface area contributed by atoms with Crippen LogP contribution in [0, 0.1) is 0 Å². The Morgan fingerprint density at radius 2 is 0.543 bits per heavy atom. The average Bonchev–Trinajstić information content (AvgIpc) is 3.09. The molecule has 0 amide bonds. The van der Waals surface area contributed by atoms with E-state index in [1.54, 1.807) is 32.6 Å². The molecule has 0 N–H and O–H groups in total. The topological polar surface area (TPSA) is 0 Å². The average molecular weight is 641 g/mol. The molecule has 3 aromatic carbocycles. The summed E-state index contributed by atoms with van der Waals surface area (Å²) in [6.45, 7) is 6.94. The SMILES string of the molecule is CCCCCCCCCc1ccccc1P(c1ccccc1CCCCCCCCC)c1ccccc1CCCCCCCCC. The van der Waals surface area contributed by atoms with Gasteiger partial charge in [0, 0.05) is 0 Å². The van der Waals surface area contributed by atoms with Crippen LogP contribution in [0.4, 0.5) is 0 Å². The van der Waals surface area contributed by atoms with Gasteiger partial charge in [-0.1, -0.05) is 209 Å². The standard InChI is InChI=1S/C45H69P/c1-4-7-10-13-16-19-22-31-40-34-25-28-37-43(40)46(44-38-29-26-35-41(44)32-23-20-17-14-11-8-5-2)45-39-30-27-36-42(45)33-24-21-18-15-12-9-6-3/h25-30,34-39H,4-24,31-33H2,1-3H3. The Balaban J connectivity index is 1.85. The van der Waals surface area contributed by atoms with Crippen LogP contribution in [0.2, 0.25) is 0 Å². The summed E-state index contributed by atoms with van der Waals surface area (Å²) in [6.07, 6.45) is 32.4. The van der Waals surface area contributed by atoms with Crippen LogP contribution in [0.3, 0.4) is 0 Å². The van der Waals surface area contributed by atoms with Gasteiger partial charge in [-0.3, -0.25) is 0 Å². The zero-order valence-electron chi connectivity index (χ0n) is 30.3. The van der Waals surface area contributed by atoms with Crippen molar-refractivity contribution in [3.05, 3.63) is 89.5 Å². The van der Waals surface area contributed by atoms with E-state index < -0.39 is 7.92 Å². The molecule has 0 atom stereocenters. The van der Waals surface area contributed by atoms with Gasteiger partial charge in [0.15, 0.2) is 0 Å². The molecule has 0 aliphatic rings. The lowest BCUT2D eigenvalue weighted by atomic mass is 10.0. The van der Waals surface area contributed by atoms with Gasteiger partial charge < -0.3 is 0 Å². The van der Waals surface area contributed by atoms with Crippen LogP contribution in [-0.4, -0.2) is 0 Å². The Morgan fingerprint density at radius 1 is 0.304 bits per heavy atom. The van der Waals surface area contributed by atoms with Crippen LogP contribution in [0.15, 0.2) is 72.8 Å². The van der Waals surface area contributed by atoms with Crippen molar-refractivity contribution in [2.45, 2.75) is 175 Å². The second kappa shape index (κ2) is 25.2. The molecule has 0 aliphatic carbocycles. The monoisotopic (exact) mass is 641 g/mol. The lowest BCUT2D eigenvalue weighted by Gasteiger charge is -2.27. The summed E-state index contributed by atoms with van der Waals surface area (Å²) in [5, 5.41) is 4.84. The minimum Gasteiger partial charge on any atom is -0.0654 e. The van der Waals surface area contributed by atoms with Gasteiger partial charge in [-0.25, -0.2) is 0 Å². The van der Waals surface area contributed by atoms with Gasteiger partial charge >= 0.3 is 0 Å². The zero-order chi connectivity index (χ0) is 32.5. The number of benzene rings is 3. The third-order valence-electron chi connectivity index (χ3n) is 9.85. The summed E-state index contributed by atoms with van der Waals surface area (Å²) in [6, 6.07) is 28.7. The molecule has 0 spiro atoms. The summed E-state index contributed by atoms with van der Waals surface area (Å²) >= 11 is 0. The lowest BCUT2D eigenvalue weighted by Crippen LogP contribution is -2.27. The van der Waals surface area contributed by atoms with Crippen molar-refractivity contribution in [1.82, 2.24) is 0 Å². The molecule has 0 unspecified atom stereocenters. The maximum Gasteiger partial charge on any atom is -0.0119 e. The second-order valence-electron chi connectivity index (χ2n) is 13.8. The Morgan fingerprint density at radius 3 is 0.826 bits per heavy atom. The van der Waals surface area contributed by atoms with Gasteiger partial charge in [0.25, 0.3) is 0 Å². The third-order valence-corrected chi connectivity index (χ3v) is 12.6. The molecule has 1 heteroatoms. The summed E-state index contributed by atoms with van der Waals surface area (Å²) in [5.74, 6) is 0. The first-order chi connectivity index (χ1) is 22.8. The predicted octanol–water partition coefficient (Wildman–Crippen LogP) is 13.3. The van der Waals surface area contributed by atoms with Gasteiger partial charge in [0.05, 0.1) is 0 Å². The maximum absolute atomic E-state index is 2.50. The van der Waals surface area contributed by atoms with Crippen LogP contribution in [-0.2, 0) is 19.3 Å². The number of aryl methyl sites for hydroxylation is 3. The first-order valence-electron chi connectivity index (χ1n) is 19.8. The van der Waals surface area contributed by atoms with Gasteiger partial charge in [0.1, 0.15) is 0 Å². The molecule has 3 aromatic rings. The van der Waals surface area contributed by atoms with E-state index in [4.69, 9.17) is 0 Å². The molecular formula is C45H69P. The zero-order valence-corrected chi connectivity index (χ0v) is 31.2. The first-order valence-corrected chi connectivity index (χ1v) is 21.2. The van der Waals surface area contributed by atoms with Gasteiger partial charge in [-0.15, -0.1) is 0 Å². The predicted molar refractivity (Wildman–Crippen MR) is 210 cm³/mol. The minimum atomic E-state index is -0.606. The van der Waals surface area contributed by atoms with E-state index in [9.17, 15) is 0 Å². The normalized spacial score (nSPS) is 11.5. The van der Waals surface area contributed by atoms with Crippen molar-refractivity contribution in [3.8, 4) is 0 Å². The number of unbranched alkanes of at least 4 members (excludes halogenated alkanes) is 18. The summed E-state index contributed by atoms with van der Waals surface area (Å²) in [5.41, 5.74) is 4.79. The summed E-state index contributed by atoms with van der Waals surface area (Å²) in [7, 11) is -0.606. The quantitative estimate of drug-likeness (QED) is 0.0574. The third kappa shape index (κ3) is 14.5. The molecule has 0 radical (unpaired) electrons. The molecule has 0 fully saturated rings. The smallest absolute Gasteiger partial charge is 0.0119 e. The Kier molecular flexibility index (Phi) is 21.1. The molecule has 0 aliphatic heterocycles. The van der Waals surface area contributed by atoms with Gasteiger partial charge in [0.2, 0.25) is 0 Å². The van der Waals surface area contributed by atoms with E-state index in [1.165, 1.54) is 154 Å². The van der Waals surface area contributed by atoms with Crippen molar-refractivity contribution in [3.63, 3.8) is 0 Å². The molecule has 0 heterocycles. The molecule has 3 rings (SSSR count). The summed E-state index contributed by atoms with van der Waals surface area (Å²) in [4.78, 5) is 0. The fraction of sp³-hybridized carbons (Fsp3) is 0.600. The number of hydrogen-bond donors (Lipinski definition) is 0. The van der Waals surface area contributed by atoms with E-state index in [0.717, 1.165) is 0 Å². The fourth-order valence-corrected chi connectivity index (χ4v) is 9.93. The molecule has 0 saturated carbocycles. The highest BCUT2D eigenvalue weighted by Crippen LogP contribution is 2.38. The fourth-order valence-electron chi connectivity index (χ4n) is 7.03. The number of rotatable bonds is 27. The Labute approximate surface area is 287 Å². The minimum absolute atomic E-state index is 0.606. The highest BCUT2D eigenvalue weighted by molar-refractivity contribution is 7.80. The Hall–Kier alpha value is -1.91. The van der Waals surface area contributed by atoms with E-state index in [2.05, 4.69) is 93.6 Å². The van der Waals surface area contributed by atoms with Crippen LogP contribution < -0.4 is 15.9 Å². The van der Waals surface area contributed by atoms with Crippen LogP contribution in [0.5, 0.6) is 0 Å². The van der Waals surface area contributed by atoms with E-state index in [-0.39, 0.29) is 0 Å². The summed E-state index contributed by atoms with van der Waals surface area (Å²) < 4.78 is 0. The van der Waals surface area contributed by atoms with Crippen molar-refractivity contribution >= 4 is 23.8 Å². The van der Waals surface area contributed by atoms with E-state index in [1.807, 2.05) is 0 Å². The van der Waals surface area contributed by atoms with Crippen molar-refractivity contribution in [2.75, 3.05) is 0 Å². The van der Waals surface area contributed by atoms with Crippen LogP contribution in [0.25, 0.3) is 0 Å². The number of hydrogen-bond acceptors (Lipinski definition) is 0. The molecule has 46 heavy (non-hydrogen) atoms. The molecule has 0 bridgehead atoms. The second-order valence-corrected chi connectivity index (χ2v) is 16.0. The molecule has 254 valence electrons. The molecule has 0 aromatic heterocycles. The molecule has 0 nitrogen and oxygen atoms in total. The van der Waals surface area contributed by atoms with Crippen molar-refractivity contribution in [2.24, 2.45) is 0 Å². The maximum atomic E-state index is 2.50. The van der Waals surface area contributed by atoms with Crippen molar-refractivity contribution in [1.29, 1.82) is 0 Å². The largest absolute Gasteiger partial charge is 0.0654 e. The lowest BCUT2D eigenvalue weighted by molar-refractivity contribution is 0.589. The van der Waals surface area contributed by atoms with Crippen LogP contribution in [0.1, 0.15) is 172 Å². The van der Waals surface area contributed by atoms with Gasteiger partial charge in [-0.2, -0.15) is 0 Å². The molecular weight excluding hydrogens is 571 g/mol. The van der Waals surface area contributed by atoms with Gasteiger partial charge in [-0.05, 0) is 79.1 Å².